The molecule has 6 nitrogen and oxygen atoms in total. The fraction of sp³-hybridized carbons (Fsp3) is 0.316. The predicted molar refractivity (Wildman–Crippen MR) is 91.7 cm³/mol. The maximum absolute atomic E-state index is 12.2. The molecule has 0 fully saturated rings. The van der Waals surface area contributed by atoms with Crippen molar-refractivity contribution in [2.45, 2.75) is 25.1 Å². The van der Waals surface area contributed by atoms with Crippen molar-refractivity contribution in [3.05, 3.63) is 59.2 Å². The van der Waals surface area contributed by atoms with E-state index in [1.54, 1.807) is 0 Å². The molecule has 0 spiro atoms. The van der Waals surface area contributed by atoms with Crippen LogP contribution in [0.2, 0.25) is 0 Å². The number of nitrogens with one attached hydrogen (secondary N) is 2. The SMILES string of the molecule is O=C(NCc1ccc2c(c1)OCCO2)N[C@@H]1c2ccccc2C[C@@H]1O. The minimum absolute atomic E-state index is 0.310. The predicted octanol–water partition coefficient (Wildman–Crippen LogP) is 1.92. The lowest BCUT2D eigenvalue weighted by Crippen LogP contribution is -2.40. The van der Waals surface area contributed by atoms with Gasteiger partial charge in [-0.2, -0.15) is 0 Å². The molecule has 2 aromatic carbocycles. The van der Waals surface area contributed by atoms with Crippen LogP contribution in [0, 0.1) is 0 Å². The van der Waals surface area contributed by atoms with Gasteiger partial charge >= 0.3 is 6.03 Å². The van der Waals surface area contributed by atoms with Gasteiger partial charge in [0.05, 0.1) is 12.1 Å². The molecular formula is C19H20N2O4. The lowest BCUT2D eigenvalue weighted by atomic mass is 10.1. The number of benzene rings is 2. The Morgan fingerprint density at radius 1 is 1.12 bits per heavy atom. The molecule has 2 aliphatic rings. The number of rotatable bonds is 3. The van der Waals surface area contributed by atoms with E-state index in [4.69, 9.17) is 9.47 Å². The Morgan fingerprint density at radius 3 is 2.80 bits per heavy atom. The average molecular weight is 340 g/mol. The molecule has 4 rings (SSSR count). The number of aliphatic hydroxyl groups excluding tert-OH is 1. The third-order valence-electron chi connectivity index (χ3n) is 4.55. The lowest BCUT2D eigenvalue weighted by Gasteiger charge is -2.20. The molecular weight excluding hydrogens is 320 g/mol. The summed E-state index contributed by atoms with van der Waals surface area (Å²) in [7, 11) is 0. The highest BCUT2D eigenvalue weighted by Gasteiger charge is 2.31. The maximum Gasteiger partial charge on any atom is 0.315 e. The third-order valence-corrected chi connectivity index (χ3v) is 4.55. The van der Waals surface area contributed by atoms with Crippen LogP contribution >= 0.6 is 0 Å². The topological polar surface area (TPSA) is 79.8 Å². The highest BCUT2D eigenvalue weighted by Crippen LogP contribution is 2.32. The van der Waals surface area contributed by atoms with E-state index in [1.807, 2.05) is 42.5 Å². The molecule has 1 aliphatic carbocycles. The van der Waals surface area contributed by atoms with Crippen LogP contribution in [0.3, 0.4) is 0 Å². The Bertz CT molecular complexity index is 793. The molecule has 2 aromatic rings. The third kappa shape index (κ3) is 3.25. The number of carbonyl (C=O) groups is 1. The van der Waals surface area contributed by atoms with Gasteiger partial charge in [0.25, 0.3) is 0 Å². The highest BCUT2D eigenvalue weighted by molar-refractivity contribution is 5.75. The second-order valence-corrected chi connectivity index (χ2v) is 6.25. The van der Waals surface area contributed by atoms with Gasteiger partial charge in [-0.05, 0) is 28.8 Å². The van der Waals surface area contributed by atoms with E-state index < -0.39 is 6.10 Å². The maximum atomic E-state index is 12.2. The van der Waals surface area contributed by atoms with Gasteiger partial charge in [-0.25, -0.2) is 4.79 Å². The molecule has 0 aromatic heterocycles. The van der Waals surface area contributed by atoms with Crippen LogP contribution in [0.4, 0.5) is 4.79 Å². The number of carbonyl (C=O) groups excluding carboxylic acids is 1. The first-order valence-corrected chi connectivity index (χ1v) is 8.39. The van der Waals surface area contributed by atoms with E-state index in [0.29, 0.717) is 31.9 Å². The van der Waals surface area contributed by atoms with Crippen molar-refractivity contribution in [1.82, 2.24) is 10.6 Å². The van der Waals surface area contributed by atoms with Crippen LogP contribution in [0.15, 0.2) is 42.5 Å². The molecule has 0 saturated heterocycles. The number of urea groups is 1. The number of hydrogen-bond donors (Lipinski definition) is 3. The largest absolute Gasteiger partial charge is 0.486 e. The molecule has 0 radical (unpaired) electrons. The molecule has 1 heterocycles. The first-order valence-electron chi connectivity index (χ1n) is 8.39. The lowest BCUT2D eigenvalue weighted by molar-refractivity contribution is 0.142. The second-order valence-electron chi connectivity index (χ2n) is 6.25. The number of hydrogen-bond acceptors (Lipinski definition) is 4. The zero-order chi connectivity index (χ0) is 17.2. The fourth-order valence-electron chi connectivity index (χ4n) is 3.32. The summed E-state index contributed by atoms with van der Waals surface area (Å²) in [6.45, 7) is 1.45. The highest BCUT2D eigenvalue weighted by atomic mass is 16.6. The van der Waals surface area contributed by atoms with Crippen molar-refractivity contribution in [2.75, 3.05) is 13.2 Å². The van der Waals surface area contributed by atoms with Crippen LogP contribution in [-0.4, -0.2) is 30.5 Å². The Morgan fingerprint density at radius 2 is 1.92 bits per heavy atom. The van der Waals surface area contributed by atoms with E-state index >= 15 is 0 Å². The van der Waals surface area contributed by atoms with Crippen LogP contribution in [-0.2, 0) is 13.0 Å². The van der Waals surface area contributed by atoms with Gasteiger partial charge in [-0.15, -0.1) is 0 Å². The molecule has 0 bridgehead atoms. The molecule has 130 valence electrons. The summed E-state index contributed by atoms with van der Waals surface area (Å²) < 4.78 is 11.0. The summed E-state index contributed by atoms with van der Waals surface area (Å²) in [5.41, 5.74) is 2.98. The van der Waals surface area contributed by atoms with Crippen molar-refractivity contribution < 1.29 is 19.4 Å². The average Bonchev–Trinajstić information content (AvgIpc) is 2.95. The summed E-state index contributed by atoms with van der Waals surface area (Å²) in [6, 6.07) is 12.7. The smallest absolute Gasteiger partial charge is 0.315 e. The molecule has 0 unspecified atom stereocenters. The zero-order valence-electron chi connectivity index (χ0n) is 13.7. The molecule has 6 heteroatoms. The first kappa shape index (κ1) is 15.8. The van der Waals surface area contributed by atoms with E-state index in [-0.39, 0.29) is 12.1 Å². The first-order chi connectivity index (χ1) is 12.2. The minimum atomic E-state index is -0.600. The van der Waals surface area contributed by atoms with Gasteiger partial charge in [-0.1, -0.05) is 30.3 Å². The van der Waals surface area contributed by atoms with Gasteiger partial charge in [0.15, 0.2) is 11.5 Å². The van der Waals surface area contributed by atoms with Gasteiger partial charge in [0, 0.05) is 13.0 Å². The fourth-order valence-corrected chi connectivity index (χ4v) is 3.32. The molecule has 2 atom stereocenters. The van der Waals surface area contributed by atoms with Crippen molar-refractivity contribution in [1.29, 1.82) is 0 Å². The van der Waals surface area contributed by atoms with Gasteiger partial charge < -0.3 is 25.2 Å². The normalized spacial score (nSPS) is 20.7. The Balaban J connectivity index is 1.37. The molecule has 1 aliphatic heterocycles. The van der Waals surface area contributed by atoms with Crippen molar-refractivity contribution in [3.8, 4) is 11.5 Å². The van der Waals surface area contributed by atoms with Crippen LogP contribution in [0.5, 0.6) is 11.5 Å². The van der Waals surface area contributed by atoms with Crippen molar-refractivity contribution in [3.63, 3.8) is 0 Å². The molecule has 2 amide bonds. The van der Waals surface area contributed by atoms with Gasteiger partial charge in [0.1, 0.15) is 13.2 Å². The second kappa shape index (κ2) is 6.64. The Kier molecular flexibility index (Phi) is 4.19. The van der Waals surface area contributed by atoms with E-state index in [0.717, 1.165) is 22.4 Å². The Labute approximate surface area is 145 Å². The number of aliphatic hydroxyl groups is 1. The van der Waals surface area contributed by atoms with E-state index in [2.05, 4.69) is 10.6 Å². The van der Waals surface area contributed by atoms with Crippen LogP contribution < -0.4 is 20.1 Å². The number of amides is 2. The quantitative estimate of drug-likeness (QED) is 0.797. The summed E-state index contributed by atoms with van der Waals surface area (Å²) >= 11 is 0. The van der Waals surface area contributed by atoms with Crippen LogP contribution in [0.1, 0.15) is 22.7 Å². The summed E-state index contributed by atoms with van der Waals surface area (Å²) in [5, 5.41) is 15.9. The number of ether oxygens (including phenoxy) is 2. The molecule has 3 N–H and O–H groups in total. The standard InChI is InChI=1S/C19H20N2O4/c22-15-10-13-3-1-2-4-14(13)18(15)21-19(23)20-11-12-5-6-16-17(9-12)25-8-7-24-16/h1-6,9,15,18,22H,7-8,10-11H2,(H2,20,21,23)/t15-,18+/m0/s1. The van der Waals surface area contributed by atoms with Crippen LogP contribution in [0.25, 0.3) is 0 Å². The van der Waals surface area contributed by atoms with Crippen molar-refractivity contribution >= 4 is 6.03 Å². The van der Waals surface area contributed by atoms with E-state index in [9.17, 15) is 9.90 Å². The van der Waals surface area contributed by atoms with Gasteiger partial charge in [-0.3, -0.25) is 0 Å². The number of fused-ring (bicyclic) bond motifs is 2. The monoisotopic (exact) mass is 340 g/mol. The summed E-state index contributed by atoms with van der Waals surface area (Å²) in [4.78, 5) is 12.2. The van der Waals surface area contributed by atoms with E-state index in [1.165, 1.54) is 0 Å². The minimum Gasteiger partial charge on any atom is -0.486 e. The van der Waals surface area contributed by atoms with Crippen molar-refractivity contribution in [2.24, 2.45) is 0 Å². The Hall–Kier alpha value is -2.73. The summed E-state index contributed by atoms with van der Waals surface area (Å²) in [6.07, 6.45) is -0.0408. The molecule has 25 heavy (non-hydrogen) atoms. The van der Waals surface area contributed by atoms with Gasteiger partial charge in [0.2, 0.25) is 0 Å². The summed E-state index contributed by atoms with van der Waals surface area (Å²) in [5.74, 6) is 1.43. The zero-order valence-corrected chi connectivity index (χ0v) is 13.7. The molecule has 0 saturated carbocycles.